The minimum atomic E-state index is -3.68. The molecule has 1 atom stereocenters. The van der Waals surface area contributed by atoms with Crippen molar-refractivity contribution >= 4 is 21.7 Å². The van der Waals surface area contributed by atoms with Gasteiger partial charge in [0.05, 0.1) is 4.90 Å². The van der Waals surface area contributed by atoms with Crippen molar-refractivity contribution in [1.82, 2.24) is 14.6 Å². The largest absolute Gasteiger partial charge is 0.368 e. The van der Waals surface area contributed by atoms with Crippen molar-refractivity contribution in [2.75, 3.05) is 25.0 Å². The van der Waals surface area contributed by atoms with Crippen LogP contribution in [0.5, 0.6) is 0 Å². The number of anilines is 1. The first-order chi connectivity index (χ1) is 13.0. The summed E-state index contributed by atoms with van der Waals surface area (Å²) in [4.78, 5) is 16.9. The number of pyridine rings is 1. The molecule has 0 unspecified atom stereocenters. The van der Waals surface area contributed by atoms with Crippen molar-refractivity contribution in [2.24, 2.45) is 0 Å². The van der Waals surface area contributed by atoms with Gasteiger partial charge in [-0.2, -0.15) is 4.31 Å². The molecule has 2 heterocycles. The smallest absolute Gasteiger partial charge is 0.243 e. The van der Waals surface area contributed by atoms with Gasteiger partial charge in [-0.3, -0.25) is 4.79 Å². The molecule has 1 aromatic heterocycles. The normalized spacial score (nSPS) is 17.6. The van der Waals surface area contributed by atoms with Crippen molar-refractivity contribution in [3.05, 3.63) is 54.2 Å². The molecule has 1 aliphatic heterocycles. The van der Waals surface area contributed by atoms with E-state index in [-0.39, 0.29) is 10.8 Å². The molecule has 0 saturated carbocycles. The van der Waals surface area contributed by atoms with Gasteiger partial charge in [0.1, 0.15) is 11.9 Å². The second-order valence-corrected chi connectivity index (χ2v) is 8.41. The number of amides is 1. The van der Waals surface area contributed by atoms with Crippen LogP contribution >= 0.6 is 0 Å². The number of carbonyl (C=O) groups is 1. The summed E-state index contributed by atoms with van der Waals surface area (Å²) in [5, 5.41) is 5.93. The highest BCUT2D eigenvalue weighted by Gasteiger charge is 2.39. The van der Waals surface area contributed by atoms with E-state index < -0.39 is 16.1 Å². The van der Waals surface area contributed by atoms with Crippen molar-refractivity contribution in [2.45, 2.75) is 30.7 Å². The van der Waals surface area contributed by atoms with Crippen LogP contribution in [0, 0.1) is 6.92 Å². The van der Waals surface area contributed by atoms with Gasteiger partial charge in [-0.25, -0.2) is 13.4 Å². The van der Waals surface area contributed by atoms with Gasteiger partial charge in [0, 0.05) is 25.8 Å². The molecule has 7 nitrogen and oxygen atoms in total. The number of nitrogens with zero attached hydrogens (tertiary/aromatic N) is 2. The Morgan fingerprint density at radius 2 is 1.96 bits per heavy atom. The van der Waals surface area contributed by atoms with E-state index in [4.69, 9.17) is 0 Å². The van der Waals surface area contributed by atoms with E-state index in [2.05, 4.69) is 15.6 Å². The lowest BCUT2D eigenvalue weighted by Crippen LogP contribution is -2.46. The van der Waals surface area contributed by atoms with Crippen molar-refractivity contribution in [1.29, 1.82) is 0 Å². The molecule has 0 spiro atoms. The molecular formula is C19H24N4O3S. The predicted molar refractivity (Wildman–Crippen MR) is 104 cm³/mol. The minimum absolute atomic E-state index is 0.226. The molecule has 0 radical (unpaired) electrons. The first-order valence-corrected chi connectivity index (χ1v) is 10.4. The number of hydrogen-bond acceptors (Lipinski definition) is 5. The van der Waals surface area contributed by atoms with E-state index in [1.165, 1.54) is 4.31 Å². The molecule has 1 aliphatic rings. The molecule has 1 fully saturated rings. The maximum absolute atomic E-state index is 12.9. The summed E-state index contributed by atoms with van der Waals surface area (Å²) in [5.41, 5.74) is 0.991. The molecule has 27 heavy (non-hydrogen) atoms. The molecule has 0 bridgehead atoms. The molecule has 1 aromatic carbocycles. The molecule has 1 amide bonds. The number of sulfonamides is 1. The highest BCUT2D eigenvalue weighted by atomic mass is 32.2. The summed E-state index contributed by atoms with van der Waals surface area (Å²) < 4.78 is 27.1. The lowest BCUT2D eigenvalue weighted by molar-refractivity contribution is -0.124. The fourth-order valence-corrected chi connectivity index (χ4v) is 4.75. The lowest BCUT2D eigenvalue weighted by Gasteiger charge is -2.23. The Kier molecular flexibility index (Phi) is 6.08. The summed E-state index contributed by atoms with van der Waals surface area (Å²) in [6.45, 7) is 3.17. The molecular weight excluding hydrogens is 364 g/mol. The van der Waals surface area contributed by atoms with Crippen LogP contribution in [0.2, 0.25) is 0 Å². The first-order valence-electron chi connectivity index (χ1n) is 8.99. The number of nitrogens with one attached hydrogen (secondary N) is 2. The molecule has 2 aromatic rings. The van der Waals surface area contributed by atoms with Crippen LogP contribution < -0.4 is 10.6 Å². The molecule has 8 heteroatoms. The van der Waals surface area contributed by atoms with E-state index in [1.807, 2.05) is 25.1 Å². The van der Waals surface area contributed by atoms with Gasteiger partial charge in [-0.15, -0.1) is 0 Å². The third-order valence-corrected chi connectivity index (χ3v) is 6.45. The lowest BCUT2D eigenvalue weighted by atomic mass is 10.2. The summed E-state index contributed by atoms with van der Waals surface area (Å²) >= 11 is 0. The Morgan fingerprint density at radius 3 is 2.67 bits per heavy atom. The molecule has 3 rings (SSSR count). The SMILES string of the molecule is Cc1ccc(S(=O)(=O)N2CCC[C@H]2C(=O)NCCNc2ccccn2)cc1. The summed E-state index contributed by atoms with van der Waals surface area (Å²) in [7, 11) is -3.68. The van der Waals surface area contributed by atoms with E-state index in [1.54, 1.807) is 30.5 Å². The van der Waals surface area contributed by atoms with Crippen molar-refractivity contribution < 1.29 is 13.2 Å². The fourth-order valence-electron chi connectivity index (χ4n) is 3.10. The number of hydrogen-bond donors (Lipinski definition) is 2. The van der Waals surface area contributed by atoms with Gasteiger partial charge >= 0.3 is 0 Å². The first kappa shape index (κ1) is 19.3. The second kappa shape index (κ2) is 8.49. The van der Waals surface area contributed by atoms with Crippen LogP contribution in [-0.4, -0.2) is 49.3 Å². The van der Waals surface area contributed by atoms with Crippen LogP contribution in [0.4, 0.5) is 5.82 Å². The Bertz CT molecular complexity index is 870. The number of rotatable bonds is 7. The Balaban J connectivity index is 1.58. The van der Waals surface area contributed by atoms with Gasteiger partial charge in [0.15, 0.2) is 0 Å². The predicted octanol–water partition coefficient (Wildman–Crippen LogP) is 1.77. The Labute approximate surface area is 159 Å². The van der Waals surface area contributed by atoms with Gasteiger partial charge in [0.2, 0.25) is 15.9 Å². The molecule has 144 valence electrons. The topological polar surface area (TPSA) is 91.4 Å². The van der Waals surface area contributed by atoms with E-state index in [9.17, 15) is 13.2 Å². The van der Waals surface area contributed by atoms with Crippen LogP contribution in [0.25, 0.3) is 0 Å². The van der Waals surface area contributed by atoms with Gasteiger partial charge in [-0.1, -0.05) is 23.8 Å². The summed E-state index contributed by atoms with van der Waals surface area (Å²) in [6.07, 6.45) is 2.90. The van der Waals surface area contributed by atoms with Crippen molar-refractivity contribution in [3.8, 4) is 0 Å². The van der Waals surface area contributed by atoms with Crippen LogP contribution in [0.1, 0.15) is 18.4 Å². The maximum atomic E-state index is 12.9. The van der Waals surface area contributed by atoms with Crippen LogP contribution in [-0.2, 0) is 14.8 Å². The second-order valence-electron chi connectivity index (χ2n) is 6.52. The van der Waals surface area contributed by atoms with E-state index >= 15 is 0 Å². The van der Waals surface area contributed by atoms with E-state index in [0.717, 1.165) is 11.4 Å². The average molecular weight is 388 g/mol. The maximum Gasteiger partial charge on any atom is 0.243 e. The van der Waals surface area contributed by atoms with Crippen LogP contribution in [0.3, 0.4) is 0 Å². The highest BCUT2D eigenvalue weighted by molar-refractivity contribution is 7.89. The average Bonchev–Trinajstić information content (AvgIpc) is 3.17. The zero-order valence-corrected chi connectivity index (χ0v) is 16.1. The van der Waals surface area contributed by atoms with Crippen molar-refractivity contribution in [3.63, 3.8) is 0 Å². The standard InChI is InChI=1S/C19H24N4O3S/c1-15-7-9-16(10-8-15)27(25,26)23-14-4-5-17(23)19(24)22-13-12-21-18-6-2-3-11-20-18/h2-3,6-11,17H,4-5,12-14H2,1H3,(H,20,21)(H,22,24)/t17-/m0/s1. The quantitative estimate of drug-likeness (QED) is 0.706. The molecule has 1 saturated heterocycles. The number of aryl methyl sites for hydroxylation is 1. The molecule has 0 aliphatic carbocycles. The zero-order chi connectivity index (χ0) is 19.3. The monoisotopic (exact) mass is 388 g/mol. The third-order valence-electron chi connectivity index (χ3n) is 4.53. The van der Waals surface area contributed by atoms with Crippen LogP contribution in [0.15, 0.2) is 53.6 Å². The van der Waals surface area contributed by atoms with Gasteiger partial charge < -0.3 is 10.6 Å². The van der Waals surface area contributed by atoms with Gasteiger partial charge in [-0.05, 0) is 44.0 Å². The number of benzene rings is 1. The molecule has 2 N–H and O–H groups in total. The Morgan fingerprint density at radius 1 is 1.19 bits per heavy atom. The Hall–Kier alpha value is -2.45. The number of carbonyl (C=O) groups excluding carboxylic acids is 1. The minimum Gasteiger partial charge on any atom is -0.368 e. The third kappa shape index (κ3) is 4.64. The zero-order valence-electron chi connectivity index (χ0n) is 15.3. The highest BCUT2D eigenvalue weighted by Crippen LogP contribution is 2.26. The van der Waals surface area contributed by atoms with Gasteiger partial charge in [0.25, 0.3) is 0 Å². The number of aromatic nitrogens is 1. The summed E-state index contributed by atoms with van der Waals surface area (Å²) in [6, 6.07) is 11.6. The fraction of sp³-hybridized carbons (Fsp3) is 0.368. The summed E-state index contributed by atoms with van der Waals surface area (Å²) in [5.74, 6) is 0.474. The van der Waals surface area contributed by atoms with E-state index in [0.29, 0.717) is 32.5 Å².